The number of aliphatic hydroxyl groups is 1. The minimum Gasteiger partial charge on any atom is -0.489 e. The number of aliphatic hydroxyl groups excluding tert-OH is 1. The first kappa shape index (κ1) is 10.8. The number of ether oxygens (including phenoxy) is 1. The van der Waals surface area contributed by atoms with Crippen LogP contribution in [0.5, 0.6) is 5.75 Å². The van der Waals surface area contributed by atoms with Crippen molar-refractivity contribution in [2.45, 2.75) is 6.61 Å². The molecule has 0 aromatic heterocycles. The molecule has 0 aliphatic heterocycles. The van der Waals surface area contributed by atoms with Crippen LogP contribution in [0.15, 0.2) is 36.4 Å². The van der Waals surface area contributed by atoms with Crippen LogP contribution in [0.25, 0.3) is 0 Å². The normalized spacial score (nSPS) is 9.86. The average Bonchev–Trinajstić information content (AvgIpc) is 2.26. The molecule has 3 N–H and O–H groups in total. The van der Waals surface area contributed by atoms with E-state index in [1.165, 1.54) is 0 Å². The van der Waals surface area contributed by atoms with Gasteiger partial charge in [-0.2, -0.15) is 0 Å². The molecule has 0 saturated heterocycles. The second kappa shape index (κ2) is 5.42. The maximum absolute atomic E-state index is 9.01. The molecule has 1 rings (SSSR count). The van der Waals surface area contributed by atoms with Gasteiger partial charge in [-0.25, -0.2) is 0 Å². The molecule has 0 unspecified atom stereocenters. The van der Waals surface area contributed by atoms with E-state index in [2.05, 4.69) is 6.58 Å². The zero-order valence-corrected chi connectivity index (χ0v) is 8.07. The highest BCUT2D eigenvalue weighted by Crippen LogP contribution is 2.17. The molecular formula is C11H15NO2. The molecule has 0 aliphatic rings. The van der Waals surface area contributed by atoms with Crippen LogP contribution in [0.1, 0.15) is 5.56 Å². The molecule has 0 radical (unpaired) electrons. The molecule has 0 heterocycles. The van der Waals surface area contributed by atoms with Crippen molar-refractivity contribution in [1.29, 1.82) is 0 Å². The van der Waals surface area contributed by atoms with Gasteiger partial charge in [0, 0.05) is 12.1 Å². The summed E-state index contributed by atoms with van der Waals surface area (Å²) >= 11 is 0. The van der Waals surface area contributed by atoms with Crippen molar-refractivity contribution in [2.75, 3.05) is 13.2 Å². The summed E-state index contributed by atoms with van der Waals surface area (Å²) in [7, 11) is 0. The molecule has 0 atom stereocenters. The Morgan fingerprint density at radius 2 is 2.14 bits per heavy atom. The van der Waals surface area contributed by atoms with Crippen LogP contribution in [0, 0.1) is 0 Å². The fourth-order valence-corrected chi connectivity index (χ4v) is 1.01. The van der Waals surface area contributed by atoms with Gasteiger partial charge >= 0.3 is 0 Å². The Kier molecular flexibility index (Phi) is 4.16. The number of hydrogen-bond donors (Lipinski definition) is 2. The third kappa shape index (κ3) is 2.87. The smallest absolute Gasteiger partial charge is 0.125 e. The second-order valence-electron chi connectivity index (χ2n) is 3.01. The van der Waals surface area contributed by atoms with E-state index in [0.717, 1.165) is 11.1 Å². The van der Waals surface area contributed by atoms with Gasteiger partial charge < -0.3 is 15.6 Å². The number of rotatable bonds is 5. The van der Waals surface area contributed by atoms with Crippen molar-refractivity contribution in [3.8, 4) is 5.75 Å². The third-order valence-electron chi connectivity index (χ3n) is 1.86. The lowest BCUT2D eigenvalue weighted by molar-refractivity contribution is 0.268. The van der Waals surface area contributed by atoms with Crippen LogP contribution in [-0.2, 0) is 6.61 Å². The summed E-state index contributed by atoms with van der Waals surface area (Å²) < 4.78 is 5.44. The molecule has 3 nitrogen and oxygen atoms in total. The lowest BCUT2D eigenvalue weighted by Gasteiger charge is -2.10. The van der Waals surface area contributed by atoms with E-state index in [0.29, 0.717) is 18.9 Å². The molecule has 0 amide bonds. The van der Waals surface area contributed by atoms with Gasteiger partial charge in [0.05, 0.1) is 6.61 Å². The molecule has 0 aliphatic carbocycles. The number of hydrogen-bond acceptors (Lipinski definition) is 3. The second-order valence-corrected chi connectivity index (χ2v) is 3.01. The topological polar surface area (TPSA) is 55.5 Å². The van der Waals surface area contributed by atoms with Crippen molar-refractivity contribution in [2.24, 2.45) is 5.73 Å². The largest absolute Gasteiger partial charge is 0.489 e. The summed E-state index contributed by atoms with van der Waals surface area (Å²) in [6.45, 7) is 4.52. The first-order valence-corrected chi connectivity index (χ1v) is 4.46. The summed E-state index contributed by atoms with van der Waals surface area (Å²) in [5.41, 5.74) is 6.98. The fraction of sp³-hybridized carbons (Fsp3) is 0.273. The van der Waals surface area contributed by atoms with Gasteiger partial charge in [-0.15, -0.1) is 0 Å². The Bertz CT molecular complexity index is 310. The van der Waals surface area contributed by atoms with Crippen LogP contribution < -0.4 is 10.5 Å². The van der Waals surface area contributed by atoms with Crippen molar-refractivity contribution in [3.63, 3.8) is 0 Å². The molecule has 76 valence electrons. The van der Waals surface area contributed by atoms with Crippen LogP contribution in [0.2, 0.25) is 0 Å². The summed E-state index contributed by atoms with van der Waals surface area (Å²) in [6.07, 6.45) is 0. The Morgan fingerprint density at radius 3 is 2.79 bits per heavy atom. The highest BCUT2D eigenvalue weighted by atomic mass is 16.5. The first-order valence-electron chi connectivity index (χ1n) is 4.46. The van der Waals surface area contributed by atoms with Crippen molar-refractivity contribution < 1.29 is 9.84 Å². The Morgan fingerprint density at radius 1 is 1.43 bits per heavy atom. The van der Waals surface area contributed by atoms with Gasteiger partial charge in [0.15, 0.2) is 0 Å². The standard InChI is InChI=1S/C11H15NO2/c1-9(6-12)8-14-11-5-3-2-4-10(11)7-13/h2-5,13H,1,6-8,12H2. The Balaban J connectivity index is 2.61. The summed E-state index contributed by atoms with van der Waals surface area (Å²) in [4.78, 5) is 0. The molecule has 0 fully saturated rings. The van der Waals surface area contributed by atoms with E-state index in [9.17, 15) is 0 Å². The number of para-hydroxylation sites is 1. The monoisotopic (exact) mass is 193 g/mol. The summed E-state index contributed by atoms with van der Waals surface area (Å²) in [5, 5.41) is 9.01. The predicted molar refractivity (Wildman–Crippen MR) is 56.1 cm³/mol. The highest BCUT2D eigenvalue weighted by molar-refractivity contribution is 5.32. The summed E-state index contributed by atoms with van der Waals surface area (Å²) in [6, 6.07) is 7.35. The van der Waals surface area contributed by atoms with E-state index in [-0.39, 0.29) is 6.61 Å². The quantitative estimate of drug-likeness (QED) is 0.688. The van der Waals surface area contributed by atoms with Crippen molar-refractivity contribution >= 4 is 0 Å². The lowest BCUT2D eigenvalue weighted by atomic mass is 10.2. The molecular weight excluding hydrogens is 178 g/mol. The molecule has 1 aromatic carbocycles. The lowest BCUT2D eigenvalue weighted by Crippen LogP contribution is -2.10. The maximum Gasteiger partial charge on any atom is 0.125 e. The average molecular weight is 193 g/mol. The van der Waals surface area contributed by atoms with Crippen LogP contribution in [0.3, 0.4) is 0 Å². The van der Waals surface area contributed by atoms with Crippen molar-refractivity contribution in [3.05, 3.63) is 42.0 Å². The van der Waals surface area contributed by atoms with E-state index in [1.807, 2.05) is 24.3 Å². The van der Waals surface area contributed by atoms with E-state index >= 15 is 0 Å². The van der Waals surface area contributed by atoms with Gasteiger partial charge in [0.2, 0.25) is 0 Å². The fourth-order valence-electron chi connectivity index (χ4n) is 1.01. The summed E-state index contributed by atoms with van der Waals surface area (Å²) in [5.74, 6) is 0.685. The van der Waals surface area contributed by atoms with Crippen LogP contribution in [-0.4, -0.2) is 18.3 Å². The zero-order valence-electron chi connectivity index (χ0n) is 8.07. The van der Waals surface area contributed by atoms with Crippen molar-refractivity contribution in [1.82, 2.24) is 0 Å². The minimum absolute atomic E-state index is 0.0225. The van der Waals surface area contributed by atoms with Gasteiger partial charge in [-0.3, -0.25) is 0 Å². The minimum atomic E-state index is -0.0225. The zero-order chi connectivity index (χ0) is 10.4. The van der Waals surface area contributed by atoms with Crippen LogP contribution >= 0.6 is 0 Å². The number of benzene rings is 1. The molecule has 1 aromatic rings. The van der Waals surface area contributed by atoms with E-state index < -0.39 is 0 Å². The third-order valence-corrected chi connectivity index (χ3v) is 1.86. The SMILES string of the molecule is C=C(CN)COc1ccccc1CO. The van der Waals surface area contributed by atoms with E-state index in [4.69, 9.17) is 15.6 Å². The predicted octanol–water partition coefficient (Wildman–Crippen LogP) is 1.07. The van der Waals surface area contributed by atoms with Gasteiger partial charge in [-0.1, -0.05) is 24.8 Å². The van der Waals surface area contributed by atoms with E-state index in [1.54, 1.807) is 0 Å². The Labute approximate surface area is 83.8 Å². The number of nitrogens with two attached hydrogens (primary N) is 1. The van der Waals surface area contributed by atoms with Gasteiger partial charge in [-0.05, 0) is 11.6 Å². The Hall–Kier alpha value is -1.32. The molecule has 14 heavy (non-hydrogen) atoms. The van der Waals surface area contributed by atoms with Gasteiger partial charge in [0.1, 0.15) is 12.4 Å². The molecule has 0 spiro atoms. The maximum atomic E-state index is 9.01. The highest BCUT2D eigenvalue weighted by Gasteiger charge is 2.01. The van der Waals surface area contributed by atoms with Gasteiger partial charge in [0.25, 0.3) is 0 Å². The molecule has 3 heteroatoms. The first-order chi connectivity index (χ1) is 6.77. The van der Waals surface area contributed by atoms with Crippen LogP contribution in [0.4, 0.5) is 0 Å². The molecule has 0 saturated carbocycles. The molecule has 0 bridgehead atoms.